The molecule has 1 aromatic heterocycles. The van der Waals surface area contributed by atoms with Crippen LogP contribution in [-0.2, 0) is 11.3 Å². The van der Waals surface area contributed by atoms with Crippen molar-refractivity contribution in [3.63, 3.8) is 0 Å². The van der Waals surface area contributed by atoms with Crippen LogP contribution in [0.1, 0.15) is 35.2 Å². The molecule has 1 fully saturated rings. The number of thioether (sulfide) groups is 1. The Kier molecular flexibility index (Phi) is 6.01. The number of rotatable bonds is 6. The van der Waals surface area contributed by atoms with Crippen molar-refractivity contribution in [3.8, 4) is 0 Å². The third-order valence-electron chi connectivity index (χ3n) is 6.08. The maximum absolute atomic E-state index is 13.3. The highest BCUT2D eigenvalue weighted by molar-refractivity contribution is 8.13. The van der Waals surface area contributed by atoms with Gasteiger partial charge in [-0.1, -0.05) is 48.9 Å². The fourth-order valence-corrected chi connectivity index (χ4v) is 5.02. The molecule has 33 heavy (non-hydrogen) atoms. The van der Waals surface area contributed by atoms with Crippen LogP contribution < -0.4 is 5.32 Å². The van der Waals surface area contributed by atoms with Gasteiger partial charge in [0.15, 0.2) is 5.12 Å². The third kappa shape index (κ3) is 4.57. The molecule has 1 aliphatic carbocycles. The number of anilines is 1. The highest BCUT2D eigenvalue weighted by Crippen LogP contribution is 2.37. The molecule has 4 nitrogen and oxygen atoms in total. The van der Waals surface area contributed by atoms with E-state index in [1.54, 1.807) is 12.1 Å². The minimum Gasteiger partial charge on any atom is -0.342 e. The number of aromatic nitrogens is 1. The third-order valence-corrected chi connectivity index (χ3v) is 7.19. The van der Waals surface area contributed by atoms with Crippen molar-refractivity contribution in [1.29, 1.82) is 0 Å². The molecule has 0 unspecified atom stereocenters. The quantitative estimate of drug-likeness (QED) is 0.336. The normalized spacial score (nSPS) is 13.6. The fourth-order valence-electron chi connectivity index (χ4n) is 4.03. The smallest absolute Gasteiger partial charge is 0.257 e. The summed E-state index contributed by atoms with van der Waals surface area (Å²) in [6.45, 7) is 0.524. The van der Waals surface area contributed by atoms with Crippen LogP contribution in [0.4, 0.5) is 10.1 Å². The lowest BCUT2D eigenvalue weighted by molar-refractivity contribution is -0.116. The lowest BCUT2D eigenvalue weighted by Gasteiger charge is -2.23. The van der Waals surface area contributed by atoms with Crippen molar-refractivity contribution < 1.29 is 14.0 Å². The summed E-state index contributed by atoms with van der Waals surface area (Å²) in [6.07, 6.45) is 4.85. The van der Waals surface area contributed by atoms with Gasteiger partial charge in [-0.05, 0) is 60.5 Å². The molecule has 4 aromatic rings. The topological polar surface area (TPSA) is 51.1 Å². The van der Waals surface area contributed by atoms with Gasteiger partial charge in [-0.2, -0.15) is 0 Å². The first-order valence-corrected chi connectivity index (χ1v) is 11.8. The predicted octanol–water partition coefficient (Wildman–Crippen LogP) is 6.50. The monoisotopic (exact) mass is 458 g/mol. The van der Waals surface area contributed by atoms with Gasteiger partial charge in [-0.3, -0.25) is 9.59 Å². The average Bonchev–Trinajstić information content (AvgIpc) is 3.14. The number of carbonyl (C=O) groups excluding carboxylic acids is 2. The van der Waals surface area contributed by atoms with Crippen LogP contribution in [0.3, 0.4) is 0 Å². The molecule has 166 valence electrons. The van der Waals surface area contributed by atoms with Gasteiger partial charge in [-0.15, -0.1) is 0 Å². The number of amides is 1. The van der Waals surface area contributed by atoms with Crippen LogP contribution in [0.25, 0.3) is 10.9 Å². The summed E-state index contributed by atoms with van der Waals surface area (Å²) in [7, 11) is 0. The molecule has 6 heteroatoms. The molecule has 5 rings (SSSR count). The highest BCUT2D eigenvalue weighted by atomic mass is 32.2. The number of para-hydroxylation sites is 2. The van der Waals surface area contributed by atoms with Crippen molar-refractivity contribution in [2.75, 3.05) is 5.32 Å². The Balaban J connectivity index is 1.41. The van der Waals surface area contributed by atoms with Crippen LogP contribution in [0.15, 0.2) is 83.9 Å². The maximum Gasteiger partial charge on any atom is 0.257 e. The largest absolute Gasteiger partial charge is 0.342 e. The molecule has 0 spiro atoms. The van der Waals surface area contributed by atoms with E-state index in [0.717, 1.165) is 40.6 Å². The molecule has 0 atom stereocenters. The minimum atomic E-state index is -0.275. The van der Waals surface area contributed by atoms with Gasteiger partial charge < -0.3 is 9.88 Å². The van der Waals surface area contributed by atoms with E-state index in [0.29, 0.717) is 17.8 Å². The fraction of sp³-hybridized carbons (Fsp3) is 0.185. The molecule has 1 N–H and O–H groups in total. The van der Waals surface area contributed by atoms with E-state index < -0.39 is 0 Å². The van der Waals surface area contributed by atoms with E-state index in [9.17, 15) is 14.0 Å². The molecule has 3 aromatic carbocycles. The summed E-state index contributed by atoms with van der Waals surface area (Å²) in [5.74, 6) is -0.375. The van der Waals surface area contributed by atoms with Crippen molar-refractivity contribution in [3.05, 3.63) is 95.9 Å². The van der Waals surface area contributed by atoms with Gasteiger partial charge in [0.25, 0.3) is 5.91 Å². The van der Waals surface area contributed by atoms with E-state index in [4.69, 9.17) is 0 Å². The van der Waals surface area contributed by atoms with Gasteiger partial charge in [0.1, 0.15) is 5.82 Å². The lowest BCUT2D eigenvalue weighted by atomic mass is 9.87. The zero-order valence-corrected chi connectivity index (χ0v) is 18.8. The first-order valence-electron chi connectivity index (χ1n) is 11.0. The zero-order valence-electron chi connectivity index (χ0n) is 18.0. The van der Waals surface area contributed by atoms with E-state index in [1.165, 1.54) is 23.9 Å². The van der Waals surface area contributed by atoms with Crippen LogP contribution in [0, 0.1) is 11.7 Å². The number of benzene rings is 3. The zero-order chi connectivity index (χ0) is 22.8. The van der Waals surface area contributed by atoms with E-state index in [2.05, 4.69) is 5.32 Å². The molecule has 0 bridgehead atoms. The molecular weight excluding hydrogens is 435 g/mol. The number of hydrogen-bond donors (Lipinski definition) is 1. The van der Waals surface area contributed by atoms with Gasteiger partial charge in [0.2, 0.25) is 0 Å². The minimum absolute atomic E-state index is 0.128. The van der Waals surface area contributed by atoms with Crippen molar-refractivity contribution in [1.82, 2.24) is 4.57 Å². The summed E-state index contributed by atoms with van der Waals surface area (Å²) < 4.78 is 15.3. The molecular formula is C27H23FN2O2S. The molecule has 0 aliphatic heterocycles. The number of nitrogens with zero attached hydrogens (tertiary/aromatic N) is 1. The molecule has 0 saturated heterocycles. The second-order valence-electron chi connectivity index (χ2n) is 8.31. The molecule has 1 amide bonds. The molecule has 1 saturated carbocycles. The number of hydrogen-bond acceptors (Lipinski definition) is 3. The van der Waals surface area contributed by atoms with Crippen molar-refractivity contribution in [2.24, 2.45) is 5.92 Å². The van der Waals surface area contributed by atoms with Gasteiger partial charge in [0.05, 0.1) is 11.3 Å². The van der Waals surface area contributed by atoms with Gasteiger partial charge in [0, 0.05) is 34.5 Å². The first-order chi connectivity index (χ1) is 16.1. The number of carbonyl (C=O) groups is 2. The van der Waals surface area contributed by atoms with E-state index in [1.807, 2.05) is 59.3 Å². The number of halogens is 1. The van der Waals surface area contributed by atoms with Crippen molar-refractivity contribution >= 4 is 39.4 Å². The standard InChI is InChI=1S/C27H23FN2O2S/c28-20-14-12-18(13-15-20)16-30-17-22(21-8-1-3-10-24(21)30)26(31)29-23-9-2-4-11-25(23)33-27(32)19-6-5-7-19/h1-4,8-15,17,19H,5-7,16H2,(H,29,31). The Morgan fingerprint density at radius 1 is 0.970 bits per heavy atom. The summed E-state index contributed by atoms with van der Waals surface area (Å²) in [4.78, 5) is 26.6. The summed E-state index contributed by atoms with van der Waals surface area (Å²) in [6, 6.07) is 21.5. The molecule has 1 heterocycles. The number of fused-ring (bicyclic) bond motifs is 1. The Morgan fingerprint density at radius 2 is 1.70 bits per heavy atom. The lowest BCUT2D eigenvalue weighted by Crippen LogP contribution is -2.19. The van der Waals surface area contributed by atoms with E-state index >= 15 is 0 Å². The summed E-state index contributed by atoms with van der Waals surface area (Å²) >= 11 is 1.21. The second kappa shape index (κ2) is 9.24. The SMILES string of the molecule is O=C(Nc1ccccc1SC(=O)C1CCC1)c1cn(Cc2ccc(F)cc2)c2ccccc12. The van der Waals surface area contributed by atoms with Crippen molar-refractivity contribution in [2.45, 2.75) is 30.7 Å². The predicted molar refractivity (Wildman–Crippen MR) is 130 cm³/mol. The number of nitrogens with one attached hydrogen (secondary N) is 1. The van der Waals surface area contributed by atoms with Crippen LogP contribution in [0.5, 0.6) is 0 Å². The Bertz CT molecular complexity index is 1330. The Hall–Kier alpha value is -3.38. The van der Waals surface area contributed by atoms with E-state index in [-0.39, 0.29) is 22.8 Å². The Labute approximate surface area is 195 Å². The second-order valence-corrected chi connectivity index (χ2v) is 9.36. The highest BCUT2D eigenvalue weighted by Gasteiger charge is 2.26. The van der Waals surface area contributed by atoms with Crippen LogP contribution >= 0.6 is 11.8 Å². The summed E-state index contributed by atoms with van der Waals surface area (Å²) in [5, 5.41) is 4.02. The maximum atomic E-state index is 13.3. The summed E-state index contributed by atoms with van der Waals surface area (Å²) in [5.41, 5.74) is 3.06. The Morgan fingerprint density at radius 3 is 2.45 bits per heavy atom. The first kappa shape index (κ1) is 21.5. The molecule has 0 radical (unpaired) electrons. The van der Waals surface area contributed by atoms with Crippen LogP contribution in [0.2, 0.25) is 0 Å². The average molecular weight is 459 g/mol. The van der Waals surface area contributed by atoms with Crippen LogP contribution in [-0.4, -0.2) is 15.6 Å². The van der Waals surface area contributed by atoms with Gasteiger partial charge in [-0.25, -0.2) is 4.39 Å². The molecule has 1 aliphatic rings. The van der Waals surface area contributed by atoms with Gasteiger partial charge >= 0.3 is 0 Å².